The minimum Gasteiger partial charge on any atom is -0.358 e. The minimum absolute atomic E-state index is 0.124. The number of likely N-dealkylation sites (N-methyl/N-ethyl adjacent to an activating group) is 1. The summed E-state index contributed by atoms with van der Waals surface area (Å²) in [6, 6.07) is 33.2. The molecule has 0 saturated carbocycles. The quantitative estimate of drug-likeness (QED) is 0.351. The molecule has 7 nitrogen and oxygen atoms in total. The number of nitrogens with zero attached hydrogens (tertiary/aromatic N) is 2. The maximum absolute atomic E-state index is 13.2. The van der Waals surface area contributed by atoms with Crippen molar-refractivity contribution in [2.75, 3.05) is 23.8 Å². The highest BCUT2D eigenvalue weighted by atomic mass is 16.2. The summed E-state index contributed by atoms with van der Waals surface area (Å²) >= 11 is 0. The highest BCUT2D eigenvalue weighted by Gasteiger charge is 2.35. The molecule has 1 aliphatic heterocycles. The molecule has 0 saturated heterocycles. The third-order valence-corrected chi connectivity index (χ3v) is 6.39. The van der Waals surface area contributed by atoms with Gasteiger partial charge in [0.2, 0.25) is 11.8 Å². The smallest absolute Gasteiger partial charge is 0.258 e. The Bertz CT molecular complexity index is 1500. The lowest BCUT2D eigenvalue weighted by atomic mass is 9.90. The zero-order chi connectivity index (χ0) is 26.5. The monoisotopic (exact) mass is 502 g/mol. The van der Waals surface area contributed by atoms with Crippen LogP contribution in [0, 0.1) is 0 Å². The van der Waals surface area contributed by atoms with Crippen LogP contribution < -0.4 is 15.5 Å². The molecule has 0 spiro atoms. The van der Waals surface area contributed by atoms with Gasteiger partial charge in [0.15, 0.2) is 0 Å². The van der Waals surface area contributed by atoms with Gasteiger partial charge in [-0.15, -0.1) is 0 Å². The first kappa shape index (κ1) is 24.6. The molecule has 0 fully saturated rings. The van der Waals surface area contributed by atoms with Gasteiger partial charge in [-0.3, -0.25) is 24.3 Å². The first-order valence-corrected chi connectivity index (χ1v) is 12.3. The Hall–Kier alpha value is -5.04. The van der Waals surface area contributed by atoms with Crippen molar-refractivity contribution in [3.05, 3.63) is 126 Å². The number of amides is 3. The number of nitrogens with one attached hydrogen (secondary N) is 2. The lowest BCUT2D eigenvalue weighted by Gasteiger charge is -2.22. The van der Waals surface area contributed by atoms with Crippen molar-refractivity contribution in [2.24, 2.45) is 4.99 Å². The first-order valence-electron chi connectivity index (χ1n) is 12.3. The number of carbonyl (C=O) groups excluding carboxylic acids is 3. The molecular formula is C31H26N4O3. The predicted molar refractivity (Wildman–Crippen MR) is 149 cm³/mol. The SMILES string of the molecule is CNC(=O)CN(C(=O)c1ccccc1)c1ccc(N=C(c2ccccc2)C2C(=O)Nc3ccccc32)cc1. The minimum atomic E-state index is -0.558. The summed E-state index contributed by atoms with van der Waals surface area (Å²) in [7, 11) is 1.54. The number of carbonyl (C=O) groups is 3. The Morgan fingerprint density at radius 3 is 2.08 bits per heavy atom. The van der Waals surface area contributed by atoms with E-state index >= 15 is 0 Å². The van der Waals surface area contributed by atoms with Crippen LogP contribution in [0.1, 0.15) is 27.4 Å². The number of aliphatic imine (C=N–C) groups is 1. The van der Waals surface area contributed by atoms with Crippen molar-refractivity contribution in [1.29, 1.82) is 0 Å². The summed E-state index contributed by atoms with van der Waals surface area (Å²) < 4.78 is 0. The summed E-state index contributed by atoms with van der Waals surface area (Å²) in [6.07, 6.45) is 0. The molecule has 0 aromatic heterocycles. The second-order valence-corrected chi connectivity index (χ2v) is 8.82. The molecule has 188 valence electrons. The van der Waals surface area contributed by atoms with Gasteiger partial charge in [0, 0.05) is 24.0 Å². The van der Waals surface area contributed by atoms with Crippen molar-refractivity contribution in [3.8, 4) is 0 Å². The van der Waals surface area contributed by atoms with Crippen LogP contribution in [-0.4, -0.2) is 37.0 Å². The molecule has 4 aromatic rings. The summed E-state index contributed by atoms with van der Waals surface area (Å²) in [6.45, 7) is -0.124. The van der Waals surface area contributed by atoms with E-state index in [1.54, 1.807) is 48.5 Å². The fourth-order valence-corrected chi connectivity index (χ4v) is 4.47. The van der Waals surface area contributed by atoms with Crippen molar-refractivity contribution in [1.82, 2.24) is 5.32 Å². The first-order chi connectivity index (χ1) is 18.5. The van der Waals surface area contributed by atoms with Crippen LogP contribution in [-0.2, 0) is 9.59 Å². The molecule has 1 heterocycles. The molecule has 0 aliphatic carbocycles. The number of rotatable bonds is 7. The fourth-order valence-electron chi connectivity index (χ4n) is 4.47. The van der Waals surface area contributed by atoms with Crippen LogP contribution in [0.2, 0.25) is 0 Å². The third-order valence-electron chi connectivity index (χ3n) is 6.39. The van der Waals surface area contributed by atoms with E-state index in [0.717, 1.165) is 16.8 Å². The van der Waals surface area contributed by atoms with Crippen LogP contribution in [0.5, 0.6) is 0 Å². The summed E-state index contributed by atoms with van der Waals surface area (Å²) in [5.41, 5.74) is 4.80. The van der Waals surface area contributed by atoms with Gasteiger partial charge in [-0.05, 0) is 53.6 Å². The van der Waals surface area contributed by atoms with Gasteiger partial charge >= 0.3 is 0 Å². The third kappa shape index (κ3) is 5.08. The van der Waals surface area contributed by atoms with Gasteiger partial charge in [-0.2, -0.15) is 0 Å². The predicted octanol–water partition coefficient (Wildman–Crippen LogP) is 4.94. The Balaban J connectivity index is 1.52. The van der Waals surface area contributed by atoms with Gasteiger partial charge in [-0.25, -0.2) is 0 Å². The van der Waals surface area contributed by atoms with Crippen molar-refractivity contribution in [2.45, 2.75) is 5.92 Å². The summed E-state index contributed by atoms with van der Waals surface area (Å²) in [4.78, 5) is 44.9. The van der Waals surface area contributed by atoms with Gasteiger partial charge in [0.05, 0.1) is 11.4 Å². The molecule has 1 atom stereocenters. The second kappa shape index (κ2) is 10.9. The van der Waals surface area contributed by atoms with Crippen LogP contribution in [0.25, 0.3) is 0 Å². The van der Waals surface area contributed by atoms with E-state index in [1.165, 1.54) is 11.9 Å². The fraction of sp³-hybridized carbons (Fsp3) is 0.0968. The number of hydrogen-bond donors (Lipinski definition) is 2. The van der Waals surface area contributed by atoms with Gasteiger partial charge in [0.25, 0.3) is 5.91 Å². The van der Waals surface area contributed by atoms with E-state index in [-0.39, 0.29) is 24.3 Å². The van der Waals surface area contributed by atoms with Crippen LogP contribution in [0.15, 0.2) is 114 Å². The molecular weight excluding hydrogens is 476 g/mol. The van der Waals surface area contributed by atoms with Gasteiger partial charge in [-0.1, -0.05) is 66.7 Å². The highest BCUT2D eigenvalue weighted by molar-refractivity contribution is 6.24. The highest BCUT2D eigenvalue weighted by Crippen LogP contribution is 2.36. The average molecular weight is 503 g/mol. The number of hydrogen-bond acceptors (Lipinski definition) is 4. The molecule has 3 amide bonds. The molecule has 7 heteroatoms. The topological polar surface area (TPSA) is 90.9 Å². The Labute approximate surface area is 220 Å². The maximum Gasteiger partial charge on any atom is 0.258 e. The number of fused-ring (bicyclic) bond motifs is 1. The van der Waals surface area contributed by atoms with E-state index in [9.17, 15) is 14.4 Å². The molecule has 0 radical (unpaired) electrons. The zero-order valence-electron chi connectivity index (χ0n) is 20.8. The van der Waals surface area contributed by atoms with E-state index in [2.05, 4.69) is 10.6 Å². The van der Waals surface area contributed by atoms with E-state index < -0.39 is 5.92 Å². The number of benzene rings is 4. The number of para-hydroxylation sites is 1. The molecule has 38 heavy (non-hydrogen) atoms. The van der Waals surface area contributed by atoms with Crippen LogP contribution in [0.3, 0.4) is 0 Å². The Morgan fingerprint density at radius 1 is 0.816 bits per heavy atom. The number of anilines is 2. The molecule has 4 aromatic carbocycles. The van der Waals surface area contributed by atoms with Gasteiger partial charge < -0.3 is 10.6 Å². The van der Waals surface area contributed by atoms with E-state index in [4.69, 9.17) is 4.99 Å². The van der Waals surface area contributed by atoms with Crippen LogP contribution in [0.4, 0.5) is 17.1 Å². The standard InChI is InChI=1S/C31H26N4O3/c1-32-27(36)20-35(31(38)22-12-6-3-7-13-22)24-18-16-23(17-19-24)33-29(21-10-4-2-5-11-21)28-25-14-8-9-15-26(25)34-30(28)37/h2-19,28H,20H2,1H3,(H,32,36)(H,34,37). The summed E-state index contributed by atoms with van der Waals surface area (Å²) in [5, 5.41) is 5.54. The van der Waals surface area contributed by atoms with Crippen molar-refractivity contribution < 1.29 is 14.4 Å². The van der Waals surface area contributed by atoms with Crippen molar-refractivity contribution in [3.63, 3.8) is 0 Å². The molecule has 2 N–H and O–H groups in total. The largest absolute Gasteiger partial charge is 0.358 e. The molecule has 1 unspecified atom stereocenters. The average Bonchev–Trinajstić information content (AvgIpc) is 3.30. The van der Waals surface area contributed by atoms with Gasteiger partial charge in [0.1, 0.15) is 12.5 Å². The van der Waals surface area contributed by atoms with E-state index in [0.29, 0.717) is 22.6 Å². The Kier molecular flexibility index (Phi) is 7.08. The zero-order valence-corrected chi connectivity index (χ0v) is 20.8. The summed E-state index contributed by atoms with van der Waals surface area (Å²) in [5.74, 6) is -1.25. The lowest BCUT2D eigenvalue weighted by Crippen LogP contribution is -2.39. The second-order valence-electron chi connectivity index (χ2n) is 8.82. The molecule has 0 bridgehead atoms. The normalized spacial score (nSPS) is 14.4. The van der Waals surface area contributed by atoms with Crippen LogP contribution >= 0.6 is 0 Å². The lowest BCUT2D eigenvalue weighted by molar-refractivity contribution is -0.119. The molecule has 1 aliphatic rings. The maximum atomic E-state index is 13.2. The Morgan fingerprint density at radius 2 is 1.42 bits per heavy atom. The molecule has 5 rings (SSSR count). The van der Waals surface area contributed by atoms with Crippen molar-refractivity contribution >= 4 is 40.5 Å². The van der Waals surface area contributed by atoms with E-state index in [1.807, 2.05) is 60.7 Å².